The van der Waals surface area contributed by atoms with Crippen molar-refractivity contribution in [3.8, 4) is 0 Å². The Hall–Kier alpha value is -1.84. The summed E-state index contributed by atoms with van der Waals surface area (Å²) in [5, 5.41) is 2.67. The molecule has 4 heteroatoms. The lowest BCUT2D eigenvalue weighted by atomic mass is 10.1. The summed E-state index contributed by atoms with van der Waals surface area (Å²) in [6.45, 7) is 0.230. The molecule has 1 aliphatic rings. The Bertz CT molecular complexity index is 430. The third-order valence-electron chi connectivity index (χ3n) is 3.31. The smallest absolute Gasteiger partial charge is 0.408 e. The predicted octanol–water partition coefficient (Wildman–Crippen LogP) is 2.81. The molecule has 1 N–H and O–H groups in total. The van der Waals surface area contributed by atoms with Crippen molar-refractivity contribution < 1.29 is 14.3 Å². The Morgan fingerprint density at radius 1 is 1.21 bits per heavy atom. The highest BCUT2D eigenvalue weighted by Crippen LogP contribution is 2.14. The molecular formula is C15H19NO3. The molecule has 1 aromatic carbocycles. The highest BCUT2D eigenvalue weighted by Gasteiger charge is 2.22. The number of hydrogen-bond donors (Lipinski definition) is 1. The summed E-state index contributed by atoms with van der Waals surface area (Å²) in [5.41, 5.74) is 0.935. The van der Waals surface area contributed by atoms with Crippen LogP contribution in [-0.4, -0.2) is 17.9 Å². The lowest BCUT2D eigenvalue weighted by Crippen LogP contribution is -2.40. The van der Waals surface area contributed by atoms with Gasteiger partial charge in [0.05, 0.1) is 6.04 Å². The molecule has 102 valence electrons. The SMILES string of the molecule is O=C(NC1CCCCCC1=O)OCc1ccccc1. The van der Waals surface area contributed by atoms with Gasteiger partial charge in [-0.2, -0.15) is 0 Å². The van der Waals surface area contributed by atoms with Gasteiger partial charge < -0.3 is 10.1 Å². The van der Waals surface area contributed by atoms with E-state index in [2.05, 4.69) is 5.32 Å². The molecule has 4 nitrogen and oxygen atoms in total. The van der Waals surface area contributed by atoms with E-state index in [1.807, 2.05) is 30.3 Å². The molecule has 0 saturated heterocycles. The molecule has 1 aliphatic carbocycles. The van der Waals surface area contributed by atoms with Crippen LogP contribution in [0.25, 0.3) is 0 Å². The van der Waals surface area contributed by atoms with E-state index in [0.29, 0.717) is 6.42 Å². The molecule has 0 aromatic heterocycles. The highest BCUT2D eigenvalue weighted by molar-refractivity contribution is 5.87. The van der Waals surface area contributed by atoms with Crippen LogP contribution in [0.4, 0.5) is 4.79 Å². The molecule has 1 unspecified atom stereocenters. The van der Waals surface area contributed by atoms with Gasteiger partial charge in [0, 0.05) is 6.42 Å². The van der Waals surface area contributed by atoms with Gasteiger partial charge in [0.25, 0.3) is 0 Å². The van der Waals surface area contributed by atoms with Crippen LogP contribution in [0.1, 0.15) is 37.7 Å². The van der Waals surface area contributed by atoms with Crippen molar-refractivity contribution in [1.82, 2.24) is 5.32 Å². The number of ether oxygens (including phenoxy) is 1. The molecule has 0 heterocycles. The maximum Gasteiger partial charge on any atom is 0.408 e. The third-order valence-corrected chi connectivity index (χ3v) is 3.31. The molecule has 0 bridgehead atoms. The third kappa shape index (κ3) is 4.39. The van der Waals surface area contributed by atoms with Crippen LogP contribution < -0.4 is 5.32 Å². The zero-order valence-electron chi connectivity index (χ0n) is 10.9. The van der Waals surface area contributed by atoms with Gasteiger partial charge in [-0.15, -0.1) is 0 Å². The molecule has 0 aliphatic heterocycles. The molecule has 0 radical (unpaired) electrons. The molecule has 1 amide bonds. The minimum Gasteiger partial charge on any atom is -0.445 e. The van der Waals surface area contributed by atoms with Gasteiger partial charge in [0.2, 0.25) is 0 Å². The minimum absolute atomic E-state index is 0.120. The van der Waals surface area contributed by atoms with Crippen molar-refractivity contribution in [3.05, 3.63) is 35.9 Å². The quantitative estimate of drug-likeness (QED) is 0.851. The fourth-order valence-corrected chi connectivity index (χ4v) is 2.22. The summed E-state index contributed by atoms with van der Waals surface area (Å²) in [6.07, 6.45) is 3.74. The number of carbonyl (C=O) groups excluding carboxylic acids is 2. The van der Waals surface area contributed by atoms with Gasteiger partial charge in [-0.25, -0.2) is 4.79 Å². The topological polar surface area (TPSA) is 55.4 Å². The van der Waals surface area contributed by atoms with Crippen LogP contribution in [-0.2, 0) is 16.1 Å². The first kappa shape index (κ1) is 13.6. The Morgan fingerprint density at radius 3 is 2.79 bits per heavy atom. The summed E-state index contributed by atoms with van der Waals surface area (Å²) >= 11 is 0. The standard InChI is InChI=1S/C15H19NO3/c17-14-10-6-2-5-9-13(14)16-15(18)19-11-12-7-3-1-4-8-12/h1,3-4,7-8,13H,2,5-6,9-11H2,(H,16,18). The second kappa shape index (κ2) is 6.92. The van der Waals surface area contributed by atoms with Crippen molar-refractivity contribution in [2.75, 3.05) is 0 Å². The molecule has 1 fully saturated rings. The van der Waals surface area contributed by atoms with E-state index in [4.69, 9.17) is 4.74 Å². The number of ketones is 1. The van der Waals surface area contributed by atoms with E-state index in [-0.39, 0.29) is 18.4 Å². The van der Waals surface area contributed by atoms with Gasteiger partial charge in [-0.05, 0) is 18.4 Å². The van der Waals surface area contributed by atoms with Crippen molar-refractivity contribution in [1.29, 1.82) is 0 Å². The van der Waals surface area contributed by atoms with Crippen LogP contribution in [0, 0.1) is 0 Å². The molecule has 0 spiro atoms. The average molecular weight is 261 g/mol. The monoisotopic (exact) mass is 261 g/mol. The summed E-state index contributed by atoms with van der Waals surface area (Å²) in [5.74, 6) is 0.120. The number of amides is 1. The van der Waals surface area contributed by atoms with Gasteiger partial charge in [0.1, 0.15) is 6.61 Å². The van der Waals surface area contributed by atoms with Crippen LogP contribution >= 0.6 is 0 Å². The van der Waals surface area contributed by atoms with Gasteiger partial charge in [0.15, 0.2) is 5.78 Å². The Morgan fingerprint density at radius 2 is 2.00 bits per heavy atom. The molecular weight excluding hydrogens is 242 g/mol. The van der Waals surface area contributed by atoms with Crippen LogP contribution in [0.5, 0.6) is 0 Å². The number of benzene rings is 1. The van der Waals surface area contributed by atoms with Crippen molar-refractivity contribution in [2.45, 2.75) is 44.8 Å². The van der Waals surface area contributed by atoms with E-state index in [1.165, 1.54) is 0 Å². The van der Waals surface area contributed by atoms with Crippen LogP contribution in [0.2, 0.25) is 0 Å². The summed E-state index contributed by atoms with van der Waals surface area (Å²) in [4.78, 5) is 23.4. The van der Waals surface area contributed by atoms with Gasteiger partial charge >= 0.3 is 6.09 Å². The lowest BCUT2D eigenvalue weighted by Gasteiger charge is -2.15. The van der Waals surface area contributed by atoms with Crippen molar-refractivity contribution in [2.24, 2.45) is 0 Å². The summed E-state index contributed by atoms with van der Waals surface area (Å²) in [6, 6.07) is 9.12. The van der Waals surface area contributed by atoms with E-state index >= 15 is 0 Å². The molecule has 19 heavy (non-hydrogen) atoms. The van der Waals surface area contributed by atoms with Crippen molar-refractivity contribution in [3.63, 3.8) is 0 Å². The second-order valence-corrected chi connectivity index (χ2v) is 4.82. The number of hydrogen-bond acceptors (Lipinski definition) is 3. The fourth-order valence-electron chi connectivity index (χ4n) is 2.22. The van der Waals surface area contributed by atoms with Crippen LogP contribution in [0.3, 0.4) is 0 Å². The number of alkyl carbamates (subject to hydrolysis) is 1. The largest absolute Gasteiger partial charge is 0.445 e. The van der Waals surface area contributed by atoms with Gasteiger partial charge in [-0.3, -0.25) is 4.79 Å². The zero-order chi connectivity index (χ0) is 13.5. The van der Waals surface area contributed by atoms with E-state index < -0.39 is 6.09 Å². The van der Waals surface area contributed by atoms with Crippen LogP contribution in [0.15, 0.2) is 30.3 Å². The number of carbonyl (C=O) groups is 2. The molecule has 1 atom stereocenters. The second-order valence-electron chi connectivity index (χ2n) is 4.82. The number of rotatable bonds is 3. The first-order valence-corrected chi connectivity index (χ1v) is 6.75. The first-order chi connectivity index (χ1) is 9.25. The minimum atomic E-state index is -0.510. The van der Waals surface area contributed by atoms with E-state index in [9.17, 15) is 9.59 Å². The zero-order valence-corrected chi connectivity index (χ0v) is 10.9. The average Bonchev–Trinajstić information content (AvgIpc) is 2.63. The maximum absolute atomic E-state index is 11.8. The first-order valence-electron chi connectivity index (χ1n) is 6.75. The normalized spacial score (nSPS) is 19.6. The number of Topliss-reactive ketones (excluding diaryl/α,β-unsaturated/α-hetero) is 1. The Kier molecular flexibility index (Phi) is 4.95. The predicted molar refractivity (Wildman–Crippen MR) is 71.6 cm³/mol. The lowest BCUT2D eigenvalue weighted by molar-refractivity contribution is -0.120. The molecule has 1 aromatic rings. The highest BCUT2D eigenvalue weighted by atomic mass is 16.5. The Balaban J connectivity index is 1.79. The maximum atomic E-state index is 11.8. The summed E-state index contributed by atoms with van der Waals surface area (Å²) < 4.78 is 5.12. The number of nitrogens with one attached hydrogen (secondary N) is 1. The van der Waals surface area contributed by atoms with Gasteiger partial charge in [-0.1, -0.05) is 43.2 Å². The van der Waals surface area contributed by atoms with E-state index in [0.717, 1.165) is 31.2 Å². The Labute approximate surface area is 113 Å². The fraction of sp³-hybridized carbons (Fsp3) is 0.467. The van der Waals surface area contributed by atoms with Crippen molar-refractivity contribution >= 4 is 11.9 Å². The molecule has 2 rings (SSSR count). The van der Waals surface area contributed by atoms with E-state index in [1.54, 1.807) is 0 Å². The summed E-state index contributed by atoms with van der Waals surface area (Å²) in [7, 11) is 0. The molecule has 1 saturated carbocycles.